The van der Waals surface area contributed by atoms with E-state index in [4.69, 9.17) is 10.1 Å². The van der Waals surface area contributed by atoms with Gasteiger partial charge in [0.1, 0.15) is 11.2 Å². The number of aryl methyl sites for hydroxylation is 3. The summed E-state index contributed by atoms with van der Waals surface area (Å²) in [6.45, 7) is 7.12. The van der Waals surface area contributed by atoms with Crippen LogP contribution in [0.15, 0.2) is 18.5 Å². The standard InChI is InChI=1S/C21H27N7O/c1-14-4-5-17-16(12-14)19-20(22-6-7-28(19)24-17)26-8-10-27(11-9-26)21(29)18-13-15(2)23-25(18)3/h6-7,13-14H,4-5,8-12H2,1-3H3/t14-/m0/s1. The van der Waals surface area contributed by atoms with Crippen LogP contribution in [-0.4, -0.2) is 61.4 Å². The molecule has 0 spiro atoms. The molecule has 0 aromatic carbocycles. The number of hydrogen-bond donors (Lipinski definition) is 0. The summed E-state index contributed by atoms with van der Waals surface area (Å²) in [5, 5.41) is 9.12. The van der Waals surface area contributed by atoms with Gasteiger partial charge in [0.25, 0.3) is 5.91 Å². The number of amides is 1. The molecular weight excluding hydrogens is 366 g/mol. The summed E-state index contributed by atoms with van der Waals surface area (Å²) < 4.78 is 3.67. The van der Waals surface area contributed by atoms with Crippen molar-refractivity contribution >= 4 is 17.2 Å². The predicted octanol–water partition coefficient (Wildman–Crippen LogP) is 1.86. The highest BCUT2D eigenvalue weighted by atomic mass is 16.2. The normalized spacial score (nSPS) is 19.6. The second-order valence-electron chi connectivity index (χ2n) is 8.39. The van der Waals surface area contributed by atoms with Crippen molar-refractivity contribution in [1.82, 2.24) is 29.3 Å². The average Bonchev–Trinajstić information content (AvgIpc) is 3.26. The molecule has 0 saturated carbocycles. The van der Waals surface area contributed by atoms with E-state index in [1.54, 1.807) is 4.68 Å². The van der Waals surface area contributed by atoms with Gasteiger partial charge in [0.2, 0.25) is 0 Å². The summed E-state index contributed by atoms with van der Waals surface area (Å²) in [5.41, 5.74) is 5.24. The van der Waals surface area contributed by atoms with Crippen LogP contribution in [0.25, 0.3) is 5.52 Å². The second-order valence-corrected chi connectivity index (χ2v) is 8.39. The molecule has 0 bridgehead atoms. The lowest BCUT2D eigenvalue weighted by molar-refractivity contribution is 0.0735. The van der Waals surface area contributed by atoms with Gasteiger partial charge < -0.3 is 9.80 Å². The van der Waals surface area contributed by atoms with Gasteiger partial charge in [0.15, 0.2) is 5.82 Å². The van der Waals surface area contributed by atoms with Gasteiger partial charge in [-0.2, -0.15) is 10.2 Å². The predicted molar refractivity (Wildman–Crippen MR) is 110 cm³/mol. The Labute approximate surface area is 170 Å². The molecule has 8 nitrogen and oxygen atoms in total. The van der Waals surface area contributed by atoms with Crippen molar-refractivity contribution < 1.29 is 4.79 Å². The number of carbonyl (C=O) groups is 1. The summed E-state index contributed by atoms with van der Waals surface area (Å²) >= 11 is 0. The first-order valence-electron chi connectivity index (χ1n) is 10.4. The van der Waals surface area contributed by atoms with Crippen molar-refractivity contribution in [2.45, 2.75) is 33.1 Å². The number of carbonyl (C=O) groups excluding carboxylic acids is 1. The Bertz CT molecular complexity index is 1070. The molecular formula is C21H27N7O. The summed E-state index contributed by atoms with van der Waals surface area (Å²) in [5.74, 6) is 1.73. The fourth-order valence-corrected chi connectivity index (χ4v) is 4.66. The van der Waals surface area contributed by atoms with E-state index >= 15 is 0 Å². The molecule has 2 aliphatic rings. The van der Waals surface area contributed by atoms with Crippen molar-refractivity contribution in [2.24, 2.45) is 13.0 Å². The lowest BCUT2D eigenvalue weighted by Gasteiger charge is -2.35. The molecule has 1 aliphatic heterocycles. The van der Waals surface area contributed by atoms with Gasteiger partial charge in [-0.25, -0.2) is 9.50 Å². The van der Waals surface area contributed by atoms with Gasteiger partial charge in [-0.1, -0.05) is 6.92 Å². The van der Waals surface area contributed by atoms with Crippen LogP contribution in [-0.2, 0) is 19.9 Å². The maximum absolute atomic E-state index is 12.9. The summed E-state index contributed by atoms with van der Waals surface area (Å²) in [7, 11) is 1.82. The number of fused-ring (bicyclic) bond motifs is 3. The maximum Gasteiger partial charge on any atom is 0.272 e. The number of aromatic nitrogens is 5. The molecule has 1 saturated heterocycles. The zero-order valence-corrected chi connectivity index (χ0v) is 17.3. The minimum Gasteiger partial charge on any atom is -0.351 e. The number of anilines is 1. The van der Waals surface area contributed by atoms with Crippen LogP contribution in [0.3, 0.4) is 0 Å². The Hall–Kier alpha value is -2.90. The molecule has 0 N–H and O–H groups in total. The van der Waals surface area contributed by atoms with E-state index < -0.39 is 0 Å². The first-order valence-corrected chi connectivity index (χ1v) is 10.4. The number of hydrogen-bond acceptors (Lipinski definition) is 5. The highest BCUT2D eigenvalue weighted by Gasteiger charge is 2.28. The van der Waals surface area contributed by atoms with Crippen molar-refractivity contribution in [3.8, 4) is 0 Å². The van der Waals surface area contributed by atoms with Crippen LogP contribution in [0.4, 0.5) is 5.82 Å². The third kappa shape index (κ3) is 3.07. The maximum atomic E-state index is 12.9. The fraction of sp³-hybridized carbons (Fsp3) is 0.524. The monoisotopic (exact) mass is 393 g/mol. The van der Waals surface area contributed by atoms with E-state index in [0.29, 0.717) is 24.7 Å². The van der Waals surface area contributed by atoms with Gasteiger partial charge in [-0.3, -0.25) is 9.48 Å². The van der Waals surface area contributed by atoms with Gasteiger partial charge >= 0.3 is 0 Å². The quantitative estimate of drug-likeness (QED) is 0.665. The molecule has 4 heterocycles. The Balaban J connectivity index is 1.39. The number of piperazine rings is 1. The zero-order chi connectivity index (χ0) is 20.1. The highest BCUT2D eigenvalue weighted by Crippen LogP contribution is 2.32. The second kappa shape index (κ2) is 6.86. The molecule has 8 heteroatoms. The van der Waals surface area contributed by atoms with Gasteiger partial charge in [-0.15, -0.1) is 0 Å². The molecule has 152 valence electrons. The molecule has 5 rings (SSSR count). The SMILES string of the molecule is Cc1cc(C(=O)N2CCN(c3nccn4nc5c(c34)C[C@@H](C)CC5)CC2)n(C)n1. The van der Waals surface area contributed by atoms with E-state index in [0.717, 1.165) is 43.0 Å². The topological polar surface area (TPSA) is 71.6 Å². The molecule has 3 aromatic rings. The van der Waals surface area contributed by atoms with E-state index in [1.807, 2.05) is 41.8 Å². The number of nitrogens with zero attached hydrogens (tertiary/aromatic N) is 7. The summed E-state index contributed by atoms with van der Waals surface area (Å²) in [6.07, 6.45) is 7.10. The van der Waals surface area contributed by atoms with Crippen molar-refractivity contribution in [2.75, 3.05) is 31.1 Å². The van der Waals surface area contributed by atoms with Crippen LogP contribution in [0.5, 0.6) is 0 Å². The van der Waals surface area contributed by atoms with Crippen molar-refractivity contribution in [1.29, 1.82) is 0 Å². The largest absolute Gasteiger partial charge is 0.351 e. The van der Waals surface area contributed by atoms with Crippen LogP contribution < -0.4 is 4.90 Å². The molecule has 3 aromatic heterocycles. The van der Waals surface area contributed by atoms with E-state index in [1.165, 1.54) is 17.7 Å². The van der Waals surface area contributed by atoms with Gasteiger partial charge in [0.05, 0.1) is 11.4 Å². The van der Waals surface area contributed by atoms with Crippen LogP contribution >= 0.6 is 0 Å². The third-order valence-electron chi connectivity index (χ3n) is 6.22. The molecule has 29 heavy (non-hydrogen) atoms. The van der Waals surface area contributed by atoms with Gasteiger partial charge in [0, 0.05) is 51.2 Å². The third-order valence-corrected chi connectivity index (χ3v) is 6.22. The molecule has 0 radical (unpaired) electrons. The Morgan fingerprint density at radius 3 is 2.69 bits per heavy atom. The Morgan fingerprint density at radius 1 is 1.17 bits per heavy atom. The van der Waals surface area contributed by atoms with Crippen LogP contribution in [0, 0.1) is 12.8 Å². The lowest BCUT2D eigenvalue weighted by atomic mass is 9.88. The first-order chi connectivity index (χ1) is 14.0. The van der Waals surface area contributed by atoms with E-state index in [-0.39, 0.29) is 5.91 Å². The minimum absolute atomic E-state index is 0.0504. The molecule has 1 amide bonds. The Kier molecular flexibility index (Phi) is 4.29. The fourth-order valence-electron chi connectivity index (χ4n) is 4.66. The van der Waals surface area contributed by atoms with Crippen LogP contribution in [0.1, 0.15) is 40.8 Å². The van der Waals surface area contributed by atoms with Crippen molar-refractivity contribution in [3.63, 3.8) is 0 Å². The smallest absolute Gasteiger partial charge is 0.272 e. The summed E-state index contributed by atoms with van der Waals surface area (Å²) in [6, 6.07) is 1.86. The molecule has 1 atom stereocenters. The molecule has 0 unspecified atom stereocenters. The minimum atomic E-state index is 0.0504. The average molecular weight is 393 g/mol. The van der Waals surface area contributed by atoms with Crippen molar-refractivity contribution in [3.05, 3.63) is 41.1 Å². The van der Waals surface area contributed by atoms with E-state index in [2.05, 4.69) is 16.9 Å². The Morgan fingerprint density at radius 2 is 1.97 bits per heavy atom. The van der Waals surface area contributed by atoms with Crippen LogP contribution in [0.2, 0.25) is 0 Å². The lowest BCUT2D eigenvalue weighted by Crippen LogP contribution is -2.49. The number of rotatable bonds is 2. The molecule has 1 aliphatic carbocycles. The van der Waals surface area contributed by atoms with E-state index in [9.17, 15) is 4.79 Å². The van der Waals surface area contributed by atoms with Gasteiger partial charge in [-0.05, 0) is 38.2 Å². The highest BCUT2D eigenvalue weighted by molar-refractivity contribution is 5.93. The zero-order valence-electron chi connectivity index (χ0n) is 17.3. The first kappa shape index (κ1) is 18.1. The summed E-state index contributed by atoms with van der Waals surface area (Å²) in [4.78, 5) is 21.8. The molecule has 1 fully saturated rings.